The van der Waals surface area contributed by atoms with Gasteiger partial charge in [-0.15, -0.1) is 0 Å². The summed E-state index contributed by atoms with van der Waals surface area (Å²) < 4.78 is 10.8. The number of aliphatic hydroxyl groups is 1. The summed E-state index contributed by atoms with van der Waals surface area (Å²) in [5.41, 5.74) is 1.32. The monoisotopic (exact) mass is 236 g/mol. The Morgan fingerprint density at radius 1 is 1.24 bits per heavy atom. The van der Waals surface area contributed by atoms with E-state index in [1.54, 1.807) is 0 Å². The third-order valence-corrected chi connectivity index (χ3v) is 3.08. The first-order valence-corrected chi connectivity index (χ1v) is 6.27. The van der Waals surface area contributed by atoms with Crippen molar-refractivity contribution < 1.29 is 14.6 Å². The fourth-order valence-corrected chi connectivity index (χ4v) is 2.07. The van der Waals surface area contributed by atoms with Crippen molar-refractivity contribution in [2.24, 2.45) is 0 Å². The van der Waals surface area contributed by atoms with E-state index in [0.717, 1.165) is 19.3 Å². The minimum absolute atomic E-state index is 0.139. The number of benzene rings is 1. The Bertz CT molecular complexity index is 307. The van der Waals surface area contributed by atoms with Crippen molar-refractivity contribution in [3.05, 3.63) is 35.9 Å². The minimum Gasteiger partial charge on any atom is -0.390 e. The molecule has 1 aliphatic rings. The van der Waals surface area contributed by atoms with Gasteiger partial charge in [-0.2, -0.15) is 0 Å². The molecular weight excluding hydrogens is 216 g/mol. The van der Waals surface area contributed by atoms with Crippen LogP contribution < -0.4 is 0 Å². The molecule has 0 aromatic heterocycles. The second-order valence-electron chi connectivity index (χ2n) is 4.43. The van der Waals surface area contributed by atoms with Gasteiger partial charge < -0.3 is 14.6 Å². The maximum atomic E-state index is 9.95. The van der Waals surface area contributed by atoms with Crippen molar-refractivity contribution in [2.75, 3.05) is 19.8 Å². The van der Waals surface area contributed by atoms with Crippen LogP contribution in [-0.4, -0.2) is 37.1 Å². The summed E-state index contributed by atoms with van der Waals surface area (Å²) in [6.45, 7) is 1.76. The lowest BCUT2D eigenvalue weighted by molar-refractivity contribution is -0.133. The predicted octanol–water partition coefficient (Wildman–Crippen LogP) is 1.79. The first-order valence-electron chi connectivity index (χ1n) is 6.27. The third kappa shape index (κ3) is 4.11. The molecule has 94 valence electrons. The minimum atomic E-state index is -0.404. The van der Waals surface area contributed by atoms with E-state index in [2.05, 4.69) is 12.1 Å². The zero-order valence-electron chi connectivity index (χ0n) is 10.0. The third-order valence-electron chi connectivity index (χ3n) is 3.08. The SMILES string of the molecule is OC(CCCc1ccccc1)C1COCCO1. The molecule has 1 aromatic carbocycles. The van der Waals surface area contributed by atoms with Crippen LogP contribution in [-0.2, 0) is 15.9 Å². The van der Waals surface area contributed by atoms with Gasteiger partial charge in [0.05, 0.1) is 25.9 Å². The molecule has 1 heterocycles. The van der Waals surface area contributed by atoms with Crippen LogP contribution in [0.25, 0.3) is 0 Å². The highest BCUT2D eigenvalue weighted by atomic mass is 16.6. The summed E-state index contributed by atoms with van der Waals surface area (Å²) in [6, 6.07) is 10.3. The Hall–Kier alpha value is -0.900. The number of hydrogen-bond acceptors (Lipinski definition) is 3. The Morgan fingerprint density at radius 3 is 2.76 bits per heavy atom. The molecule has 0 amide bonds. The van der Waals surface area contributed by atoms with E-state index in [1.165, 1.54) is 5.56 Å². The summed E-state index contributed by atoms with van der Waals surface area (Å²) >= 11 is 0. The zero-order valence-corrected chi connectivity index (χ0v) is 10.0. The molecule has 0 saturated carbocycles. The maximum absolute atomic E-state index is 9.95. The predicted molar refractivity (Wildman–Crippen MR) is 65.9 cm³/mol. The second-order valence-corrected chi connectivity index (χ2v) is 4.43. The molecule has 0 aliphatic carbocycles. The highest BCUT2D eigenvalue weighted by molar-refractivity contribution is 5.14. The molecule has 2 rings (SSSR count). The molecule has 1 aliphatic heterocycles. The molecule has 1 N–H and O–H groups in total. The van der Waals surface area contributed by atoms with E-state index in [0.29, 0.717) is 19.8 Å². The zero-order chi connectivity index (χ0) is 11.9. The number of aliphatic hydroxyl groups excluding tert-OH is 1. The first-order chi connectivity index (χ1) is 8.36. The normalized spacial score (nSPS) is 22.3. The summed E-state index contributed by atoms with van der Waals surface area (Å²) in [6.07, 6.45) is 2.21. The number of hydrogen-bond donors (Lipinski definition) is 1. The summed E-state index contributed by atoms with van der Waals surface area (Å²) in [5.74, 6) is 0. The van der Waals surface area contributed by atoms with E-state index in [-0.39, 0.29) is 6.10 Å². The molecule has 1 fully saturated rings. The molecule has 2 unspecified atom stereocenters. The fraction of sp³-hybridized carbons (Fsp3) is 0.571. The molecule has 2 atom stereocenters. The van der Waals surface area contributed by atoms with Gasteiger partial charge in [0.1, 0.15) is 6.10 Å². The average Bonchev–Trinajstić information content (AvgIpc) is 2.41. The van der Waals surface area contributed by atoms with E-state index < -0.39 is 6.10 Å². The standard InChI is InChI=1S/C14H20O3/c15-13(14-11-16-9-10-17-14)8-4-7-12-5-2-1-3-6-12/h1-3,5-6,13-15H,4,7-11H2. The van der Waals surface area contributed by atoms with Gasteiger partial charge in [-0.3, -0.25) is 0 Å². The van der Waals surface area contributed by atoms with Gasteiger partial charge in [-0.25, -0.2) is 0 Å². The molecular formula is C14H20O3. The van der Waals surface area contributed by atoms with Crippen LogP contribution in [0.4, 0.5) is 0 Å². The molecule has 3 nitrogen and oxygen atoms in total. The lowest BCUT2D eigenvalue weighted by Gasteiger charge is -2.27. The molecule has 3 heteroatoms. The molecule has 1 saturated heterocycles. The van der Waals surface area contributed by atoms with Gasteiger partial charge in [0.25, 0.3) is 0 Å². The van der Waals surface area contributed by atoms with E-state index in [1.807, 2.05) is 18.2 Å². The lowest BCUT2D eigenvalue weighted by Crippen LogP contribution is -2.38. The number of aryl methyl sites for hydroxylation is 1. The maximum Gasteiger partial charge on any atom is 0.107 e. The smallest absolute Gasteiger partial charge is 0.107 e. The summed E-state index contributed by atoms with van der Waals surface area (Å²) in [4.78, 5) is 0. The molecule has 0 spiro atoms. The fourth-order valence-electron chi connectivity index (χ4n) is 2.07. The van der Waals surface area contributed by atoms with Gasteiger partial charge in [0.2, 0.25) is 0 Å². The molecule has 0 bridgehead atoms. The molecule has 0 radical (unpaired) electrons. The summed E-state index contributed by atoms with van der Waals surface area (Å²) in [5, 5.41) is 9.95. The first kappa shape index (κ1) is 12.6. The second kappa shape index (κ2) is 6.74. The van der Waals surface area contributed by atoms with Gasteiger partial charge in [0, 0.05) is 0 Å². The topological polar surface area (TPSA) is 38.7 Å². The van der Waals surface area contributed by atoms with Gasteiger partial charge in [-0.1, -0.05) is 30.3 Å². The largest absolute Gasteiger partial charge is 0.390 e. The highest BCUT2D eigenvalue weighted by Gasteiger charge is 2.22. The Morgan fingerprint density at radius 2 is 2.06 bits per heavy atom. The number of rotatable bonds is 5. The lowest BCUT2D eigenvalue weighted by atomic mass is 10.0. The van der Waals surface area contributed by atoms with Crippen molar-refractivity contribution in [1.29, 1.82) is 0 Å². The van der Waals surface area contributed by atoms with Crippen LogP contribution in [0.1, 0.15) is 18.4 Å². The van der Waals surface area contributed by atoms with Gasteiger partial charge >= 0.3 is 0 Å². The van der Waals surface area contributed by atoms with Gasteiger partial charge in [0.15, 0.2) is 0 Å². The van der Waals surface area contributed by atoms with E-state index >= 15 is 0 Å². The van der Waals surface area contributed by atoms with Crippen molar-refractivity contribution >= 4 is 0 Å². The Balaban J connectivity index is 1.67. The summed E-state index contributed by atoms with van der Waals surface area (Å²) in [7, 11) is 0. The molecule has 17 heavy (non-hydrogen) atoms. The van der Waals surface area contributed by atoms with Crippen molar-refractivity contribution in [3.8, 4) is 0 Å². The van der Waals surface area contributed by atoms with Crippen molar-refractivity contribution in [2.45, 2.75) is 31.5 Å². The van der Waals surface area contributed by atoms with Crippen LogP contribution in [0.5, 0.6) is 0 Å². The van der Waals surface area contributed by atoms with Crippen molar-refractivity contribution in [1.82, 2.24) is 0 Å². The van der Waals surface area contributed by atoms with Crippen LogP contribution in [0.15, 0.2) is 30.3 Å². The Kier molecular flexibility index (Phi) is 4.98. The van der Waals surface area contributed by atoms with Crippen LogP contribution in [0.2, 0.25) is 0 Å². The number of ether oxygens (including phenoxy) is 2. The highest BCUT2D eigenvalue weighted by Crippen LogP contribution is 2.13. The quantitative estimate of drug-likeness (QED) is 0.847. The van der Waals surface area contributed by atoms with Crippen LogP contribution in [0, 0.1) is 0 Å². The van der Waals surface area contributed by atoms with Crippen LogP contribution in [0.3, 0.4) is 0 Å². The van der Waals surface area contributed by atoms with Crippen LogP contribution >= 0.6 is 0 Å². The van der Waals surface area contributed by atoms with Gasteiger partial charge in [-0.05, 0) is 24.8 Å². The van der Waals surface area contributed by atoms with E-state index in [4.69, 9.17) is 9.47 Å². The Labute approximate surface area is 102 Å². The average molecular weight is 236 g/mol. The van der Waals surface area contributed by atoms with Crippen molar-refractivity contribution in [3.63, 3.8) is 0 Å². The van der Waals surface area contributed by atoms with E-state index in [9.17, 15) is 5.11 Å². The molecule has 1 aromatic rings.